The summed E-state index contributed by atoms with van der Waals surface area (Å²) in [6.07, 6.45) is 8.86. The van der Waals surface area contributed by atoms with Crippen molar-refractivity contribution >= 4 is 35.1 Å². The van der Waals surface area contributed by atoms with Gasteiger partial charge in [-0.05, 0) is 69.7 Å². The molecule has 5 atom stereocenters. The van der Waals surface area contributed by atoms with Crippen LogP contribution in [0.5, 0.6) is 0 Å². The second-order valence-electron chi connectivity index (χ2n) is 11.2. The molecule has 2 amide bonds. The number of hydrogen-bond acceptors (Lipinski definition) is 6. The standard InChI is InChI=1S/C31H41ClN2O6/c1-4-6-11-21-39-29(38)25-24-27(36)34(19-9-7-8-10-20-35)26(31(24)17-16-30(25,3)40-31)28(37)33(18-5-2)23-14-12-22(32)13-15-23/h4-5,12-15,24-26,35H,1-2,6-11,16-21H2,3H3/t24-,25+,26?,30-,31?/m0/s1. The fourth-order valence-corrected chi connectivity index (χ4v) is 6.89. The molecule has 3 aliphatic heterocycles. The number of esters is 1. The van der Waals surface area contributed by atoms with Crippen molar-refractivity contribution in [1.82, 2.24) is 4.90 Å². The number of halogens is 1. The largest absolute Gasteiger partial charge is 0.465 e. The minimum Gasteiger partial charge on any atom is -0.465 e. The average Bonchev–Trinajstić information content (AvgIpc) is 3.50. The monoisotopic (exact) mass is 572 g/mol. The van der Waals surface area contributed by atoms with E-state index >= 15 is 0 Å². The lowest BCUT2D eigenvalue weighted by atomic mass is 9.66. The van der Waals surface area contributed by atoms with Crippen molar-refractivity contribution in [2.24, 2.45) is 11.8 Å². The lowest BCUT2D eigenvalue weighted by Crippen LogP contribution is -2.56. The molecular formula is C31H41ClN2O6. The number of ether oxygens (including phenoxy) is 2. The molecule has 3 heterocycles. The third-order valence-electron chi connectivity index (χ3n) is 8.58. The van der Waals surface area contributed by atoms with Crippen molar-refractivity contribution in [2.75, 3.05) is 31.2 Å². The first-order valence-corrected chi connectivity index (χ1v) is 14.7. The molecule has 3 aliphatic rings. The molecule has 4 rings (SSSR count). The summed E-state index contributed by atoms with van der Waals surface area (Å²) in [6, 6.07) is 6.09. The Bertz CT molecular complexity index is 1110. The topological polar surface area (TPSA) is 96.4 Å². The number of allylic oxidation sites excluding steroid dienone is 1. The molecule has 1 aromatic rings. The number of amides is 2. The minimum absolute atomic E-state index is 0.121. The second kappa shape index (κ2) is 12.9. The number of aliphatic hydroxyl groups is 1. The SMILES string of the molecule is C=CCCCOC(=O)[C@H]1[C@H]2C(=O)N(CCCCCCO)C(C(=O)N(CC=C)c3ccc(Cl)cc3)C23CC[C@]1(C)O3. The number of unbranched alkanes of at least 4 members (excludes halogenated alkanes) is 4. The fourth-order valence-electron chi connectivity index (χ4n) is 6.76. The fraction of sp³-hybridized carbons (Fsp3) is 0.581. The quantitative estimate of drug-likeness (QED) is 0.186. The Morgan fingerprint density at radius 3 is 2.55 bits per heavy atom. The molecule has 1 aromatic carbocycles. The van der Waals surface area contributed by atoms with Gasteiger partial charge < -0.3 is 24.4 Å². The zero-order chi connectivity index (χ0) is 28.9. The van der Waals surface area contributed by atoms with Gasteiger partial charge in [-0.2, -0.15) is 0 Å². The third kappa shape index (κ3) is 5.58. The lowest BCUT2D eigenvalue weighted by Gasteiger charge is -2.37. The number of likely N-dealkylation sites (tertiary alicyclic amines) is 1. The van der Waals surface area contributed by atoms with E-state index in [9.17, 15) is 14.4 Å². The molecule has 1 spiro atoms. The van der Waals surface area contributed by atoms with Crippen LogP contribution >= 0.6 is 11.6 Å². The highest BCUT2D eigenvalue weighted by atomic mass is 35.5. The van der Waals surface area contributed by atoms with Crippen LogP contribution in [0.3, 0.4) is 0 Å². The summed E-state index contributed by atoms with van der Waals surface area (Å²) in [5.74, 6) is -2.51. The summed E-state index contributed by atoms with van der Waals surface area (Å²) in [7, 11) is 0. The molecule has 2 unspecified atom stereocenters. The summed E-state index contributed by atoms with van der Waals surface area (Å²) in [6.45, 7) is 10.4. The number of hydrogen-bond donors (Lipinski definition) is 1. The van der Waals surface area contributed by atoms with Crippen LogP contribution in [0.2, 0.25) is 5.02 Å². The van der Waals surface area contributed by atoms with Gasteiger partial charge in [-0.25, -0.2) is 0 Å². The number of rotatable bonds is 15. The molecule has 3 fully saturated rings. The van der Waals surface area contributed by atoms with Crippen molar-refractivity contribution < 1.29 is 29.0 Å². The van der Waals surface area contributed by atoms with E-state index in [1.807, 2.05) is 6.92 Å². The van der Waals surface area contributed by atoms with E-state index in [0.717, 1.165) is 19.3 Å². The van der Waals surface area contributed by atoms with Gasteiger partial charge >= 0.3 is 5.97 Å². The maximum absolute atomic E-state index is 14.5. The Labute approximate surface area is 241 Å². The third-order valence-corrected chi connectivity index (χ3v) is 8.84. The maximum atomic E-state index is 14.5. The Morgan fingerprint density at radius 2 is 1.88 bits per heavy atom. The van der Waals surface area contributed by atoms with E-state index in [1.54, 1.807) is 46.2 Å². The smallest absolute Gasteiger partial charge is 0.312 e. The maximum Gasteiger partial charge on any atom is 0.312 e. The van der Waals surface area contributed by atoms with Gasteiger partial charge in [0.1, 0.15) is 17.6 Å². The van der Waals surface area contributed by atoms with Crippen LogP contribution in [0.1, 0.15) is 58.3 Å². The summed E-state index contributed by atoms with van der Waals surface area (Å²) in [5.41, 5.74) is -1.36. The number of aliphatic hydroxyl groups excluding tert-OH is 1. The van der Waals surface area contributed by atoms with Crippen LogP contribution in [-0.4, -0.2) is 71.3 Å². The highest BCUT2D eigenvalue weighted by molar-refractivity contribution is 6.30. The highest BCUT2D eigenvalue weighted by Gasteiger charge is 2.78. The predicted octanol–water partition coefficient (Wildman–Crippen LogP) is 4.69. The van der Waals surface area contributed by atoms with Crippen LogP contribution in [-0.2, 0) is 23.9 Å². The van der Waals surface area contributed by atoms with Crippen LogP contribution in [0.15, 0.2) is 49.6 Å². The number of fused-ring (bicyclic) bond motifs is 1. The van der Waals surface area contributed by atoms with Gasteiger partial charge in [0.25, 0.3) is 5.91 Å². The first-order valence-electron chi connectivity index (χ1n) is 14.3. The Balaban J connectivity index is 1.68. The van der Waals surface area contributed by atoms with Crippen molar-refractivity contribution in [2.45, 2.75) is 75.5 Å². The van der Waals surface area contributed by atoms with E-state index in [1.165, 1.54) is 0 Å². The van der Waals surface area contributed by atoms with Crippen LogP contribution in [0.25, 0.3) is 0 Å². The Kier molecular flexibility index (Phi) is 9.75. The van der Waals surface area contributed by atoms with Gasteiger partial charge in [-0.15, -0.1) is 13.2 Å². The molecular weight excluding hydrogens is 532 g/mol. The molecule has 0 aromatic heterocycles. The number of carbonyl (C=O) groups is 3. The van der Waals surface area contributed by atoms with E-state index in [-0.39, 0.29) is 31.6 Å². The van der Waals surface area contributed by atoms with Gasteiger partial charge in [-0.3, -0.25) is 14.4 Å². The van der Waals surface area contributed by atoms with Gasteiger partial charge in [0, 0.05) is 30.4 Å². The number of benzene rings is 1. The molecule has 9 heteroatoms. The predicted molar refractivity (Wildman–Crippen MR) is 154 cm³/mol. The molecule has 0 radical (unpaired) electrons. The highest BCUT2D eigenvalue weighted by Crippen LogP contribution is 2.63. The van der Waals surface area contributed by atoms with E-state index < -0.39 is 35.0 Å². The van der Waals surface area contributed by atoms with Crippen LogP contribution in [0, 0.1) is 11.8 Å². The summed E-state index contributed by atoms with van der Waals surface area (Å²) in [4.78, 5) is 45.4. The van der Waals surface area contributed by atoms with Crippen molar-refractivity contribution in [3.05, 3.63) is 54.6 Å². The first-order chi connectivity index (χ1) is 19.2. The Hall–Kier alpha value is -2.68. The van der Waals surface area contributed by atoms with Crippen molar-refractivity contribution in [3.8, 4) is 0 Å². The van der Waals surface area contributed by atoms with Crippen LogP contribution in [0.4, 0.5) is 5.69 Å². The Morgan fingerprint density at radius 1 is 1.15 bits per heavy atom. The van der Waals surface area contributed by atoms with Gasteiger partial charge in [0.15, 0.2) is 0 Å². The zero-order valence-electron chi connectivity index (χ0n) is 23.4. The molecule has 0 saturated carbocycles. The average molecular weight is 573 g/mol. The van der Waals surface area contributed by atoms with Crippen molar-refractivity contribution in [3.63, 3.8) is 0 Å². The number of carbonyl (C=O) groups excluding carboxylic acids is 3. The lowest BCUT2D eigenvalue weighted by molar-refractivity contribution is -0.159. The number of anilines is 1. The minimum atomic E-state index is -1.12. The van der Waals surface area contributed by atoms with E-state index in [0.29, 0.717) is 49.4 Å². The van der Waals surface area contributed by atoms with Crippen molar-refractivity contribution in [1.29, 1.82) is 0 Å². The number of nitrogens with zero attached hydrogens (tertiary/aromatic N) is 2. The van der Waals surface area contributed by atoms with Crippen LogP contribution < -0.4 is 4.90 Å². The van der Waals surface area contributed by atoms with E-state index in [2.05, 4.69) is 13.2 Å². The summed E-state index contributed by atoms with van der Waals surface area (Å²) in [5, 5.41) is 9.70. The summed E-state index contributed by atoms with van der Waals surface area (Å²) < 4.78 is 12.3. The normalized spacial score (nSPS) is 28.4. The molecule has 218 valence electrons. The second-order valence-corrected chi connectivity index (χ2v) is 11.6. The molecule has 2 bridgehead atoms. The molecule has 1 N–H and O–H groups in total. The van der Waals surface area contributed by atoms with Gasteiger partial charge in [0.05, 0.1) is 18.1 Å². The summed E-state index contributed by atoms with van der Waals surface area (Å²) >= 11 is 6.11. The van der Waals surface area contributed by atoms with Gasteiger partial charge in [-0.1, -0.05) is 36.6 Å². The van der Waals surface area contributed by atoms with E-state index in [4.69, 9.17) is 26.2 Å². The zero-order valence-corrected chi connectivity index (χ0v) is 24.1. The molecule has 8 nitrogen and oxygen atoms in total. The first kappa shape index (κ1) is 30.3. The van der Waals surface area contributed by atoms with Gasteiger partial charge in [0.2, 0.25) is 5.91 Å². The molecule has 0 aliphatic carbocycles. The molecule has 40 heavy (non-hydrogen) atoms. The molecule has 3 saturated heterocycles.